The van der Waals surface area contributed by atoms with E-state index >= 15 is 0 Å². The highest BCUT2D eigenvalue weighted by Gasteiger charge is 2.24. The molecular weight excluding hydrogens is 358 g/mol. The van der Waals surface area contributed by atoms with Crippen LogP contribution in [0.2, 0.25) is 0 Å². The zero-order chi connectivity index (χ0) is 18.2. The van der Waals surface area contributed by atoms with E-state index in [0.29, 0.717) is 6.04 Å². The molecule has 5 rings (SSSR count). The fraction of sp³-hybridized carbons (Fsp3) is 0.250. The summed E-state index contributed by atoms with van der Waals surface area (Å²) in [4.78, 5) is 10.3. The van der Waals surface area contributed by atoms with Crippen LogP contribution in [-0.2, 0) is 12.8 Å². The first-order valence-corrected chi connectivity index (χ1v) is 9.78. The van der Waals surface area contributed by atoms with E-state index in [1.54, 1.807) is 18.4 Å². The first kappa shape index (κ1) is 16.3. The van der Waals surface area contributed by atoms with E-state index in [2.05, 4.69) is 30.9 Å². The molecule has 0 saturated carbocycles. The van der Waals surface area contributed by atoms with Crippen LogP contribution in [0.25, 0.3) is 21.3 Å². The summed E-state index contributed by atoms with van der Waals surface area (Å²) in [6, 6.07) is 8.36. The van der Waals surface area contributed by atoms with Crippen molar-refractivity contribution in [2.45, 2.75) is 25.3 Å². The molecule has 0 fully saturated rings. The minimum absolute atomic E-state index is 0.393. The molecule has 7 heteroatoms. The number of aromatic nitrogens is 5. The van der Waals surface area contributed by atoms with Gasteiger partial charge in [0.05, 0.1) is 23.7 Å². The predicted molar refractivity (Wildman–Crippen MR) is 105 cm³/mol. The van der Waals surface area contributed by atoms with Crippen LogP contribution >= 0.6 is 11.3 Å². The molecule has 1 aliphatic rings. The summed E-state index contributed by atoms with van der Waals surface area (Å²) in [6.45, 7) is 0. The number of aryl methyl sites for hydroxylation is 1. The number of methoxy groups -OCH3 is 1. The molecule has 3 heterocycles. The molecule has 4 aromatic rings. The zero-order valence-electron chi connectivity index (χ0n) is 14.9. The Kier molecular flexibility index (Phi) is 4.01. The van der Waals surface area contributed by atoms with Gasteiger partial charge in [-0.25, -0.2) is 9.97 Å². The van der Waals surface area contributed by atoms with E-state index in [4.69, 9.17) is 4.74 Å². The van der Waals surface area contributed by atoms with Crippen LogP contribution < -0.4 is 4.74 Å². The van der Waals surface area contributed by atoms with Gasteiger partial charge in [0.2, 0.25) is 0 Å². The molecule has 0 radical (unpaired) electrons. The molecule has 0 unspecified atom stereocenters. The minimum atomic E-state index is 0.393. The second-order valence-corrected chi connectivity index (χ2v) is 7.69. The molecule has 0 amide bonds. The Bertz CT molecular complexity index is 1080. The summed E-state index contributed by atoms with van der Waals surface area (Å²) in [5.74, 6) is 1.81. The van der Waals surface area contributed by atoms with Gasteiger partial charge in [-0.05, 0) is 37.0 Å². The third kappa shape index (κ3) is 2.84. The Morgan fingerprint density at radius 2 is 2.15 bits per heavy atom. The number of para-hydroxylation sites is 1. The third-order valence-electron chi connectivity index (χ3n) is 5.12. The summed E-state index contributed by atoms with van der Waals surface area (Å²) < 4.78 is 7.77. The SMILES string of the molecule is COc1ccccc1-c1ncc(-c2nccn2[C@@H]2CCc3[nH]ncc3C2)s1. The van der Waals surface area contributed by atoms with Crippen LogP contribution in [0, 0.1) is 0 Å². The molecule has 136 valence electrons. The number of imidazole rings is 1. The first-order chi connectivity index (χ1) is 13.3. The Balaban J connectivity index is 1.48. The Hall–Kier alpha value is -2.93. The lowest BCUT2D eigenvalue weighted by molar-refractivity contribution is 0.416. The van der Waals surface area contributed by atoms with Crippen LogP contribution in [0.5, 0.6) is 5.75 Å². The Labute approximate surface area is 160 Å². The van der Waals surface area contributed by atoms with E-state index in [9.17, 15) is 0 Å². The molecule has 0 aliphatic heterocycles. The molecule has 0 spiro atoms. The average molecular weight is 377 g/mol. The molecule has 1 atom stereocenters. The van der Waals surface area contributed by atoms with Gasteiger partial charge in [-0.2, -0.15) is 5.10 Å². The van der Waals surface area contributed by atoms with Crippen molar-refractivity contribution in [2.75, 3.05) is 7.11 Å². The van der Waals surface area contributed by atoms with E-state index in [0.717, 1.165) is 46.3 Å². The van der Waals surface area contributed by atoms with Gasteiger partial charge < -0.3 is 9.30 Å². The summed E-state index contributed by atoms with van der Waals surface area (Å²) in [5, 5.41) is 8.23. The molecule has 1 aliphatic carbocycles. The Morgan fingerprint density at radius 3 is 3.07 bits per heavy atom. The monoisotopic (exact) mass is 377 g/mol. The fourth-order valence-electron chi connectivity index (χ4n) is 3.76. The van der Waals surface area contributed by atoms with Crippen molar-refractivity contribution in [3.8, 4) is 27.0 Å². The van der Waals surface area contributed by atoms with Crippen LogP contribution in [0.3, 0.4) is 0 Å². The average Bonchev–Trinajstić information content (AvgIpc) is 3.46. The number of aromatic amines is 1. The van der Waals surface area contributed by atoms with Gasteiger partial charge in [0, 0.05) is 30.3 Å². The quantitative estimate of drug-likeness (QED) is 0.580. The standard InChI is InChI=1S/C20H19N5OS/c1-26-17-5-3-2-4-15(17)20-22-12-18(27-20)19-21-8-9-25(19)14-6-7-16-13(10-14)11-23-24-16/h2-5,8-9,11-12,14H,6-7,10H2,1H3,(H,23,24)/t14-/m1/s1. The van der Waals surface area contributed by atoms with Crippen molar-refractivity contribution in [3.05, 3.63) is 60.3 Å². The van der Waals surface area contributed by atoms with Gasteiger partial charge in [0.1, 0.15) is 10.8 Å². The van der Waals surface area contributed by atoms with Gasteiger partial charge in [-0.1, -0.05) is 12.1 Å². The van der Waals surface area contributed by atoms with Gasteiger partial charge in [0.25, 0.3) is 0 Å². The number of ether oxygens (including phenoxy) is 1. The third-order valence-corrected chi connectivity index (χ3v) is 6.14. The number of H-pyrrole nitrogens is 1. The predicted octanol–water partition coefficient (Wildman–Crippen LogP) is 4.14. The van der Waals surface area contributed by atoms with E-state index in [-0.39, 0.29) is 0 Å². The number of hydrogen-bond donors (Lipinski definition) is 1. The molecule has 0 bridgehead atoms. The number of nitrogens with zero attached hydrogens (tertiary/aromatic N) is 4. The lowest BCUT2D eigenvalue weighted by Crippen LogP contribution is -2.18. The molecular formula is C20H19N5OS. The van der Waals surface area contributed by atoms with Gasteiger partial charge in [-0.15, -0.1) is 11.3 Å². The second kappa shape index (κ2) is 6.66. The normalized spacial score (nSPS) is 16.3. The highest BCUT2D eigenvalue weighted by molar-refractivity contribution is 7.18. The van der Waals surface area contributed by atoms with Crippen molar-refractivity contribution >= 4 is 11.3 Å². The number of rotatable bonds is 4. The topological polar surface area (TPSA) is 68.6 Å². The maximum Gasteiger partial charge on any atom is 0.151 e. The maximum atomic E-state index is 5.48. The van der Waals surface area contributed by atoms with E-state index in [1.165, 1.54) is 11.3 Å². The molecule has 27 heavy (non-hydrogen) atoms. The number of nitrogens with one attached hydrogen (secondary N) is 1. The maximum absolute atomic E-state index is 5.48. The molecule has 0 saturated heterocycles. The first-order valence-electron chi connectivity index (χ1n) is 8.97. The van der Waals surface area contributed by atoms with Crippen LogP contribution in [0.1, 0.15) is 23.7 Å². The van der Waals surface area contributed by atoms with Crippen LogP contribution in [-0.4, -0.2) is 31.8 Å². The Morgan fingerprint density at radius 1 is 1.22 bits per heavy atom. The van der Waals surface area contributed by atoms with Crippen LogP contribution in [0.4, 0.5) is 0 Å². The lowest BCUT2D eigenvalue weighted by Gasteiger charge is -2.24. The smallest absolute Gasteiger partial charge is 0.151 e. The van der Waals surface area contributed by atoms with Gasteiger partial charge in [0.15, 0.2) is 5.82 Å². The number of thiazole rings is 1. The van der Waals surface area contributed by atoms with Gasteiger partial charge in [-0.3, -0.25) is 5.10 Å². The van der Waals surface area contributed by atoms with Crippen molar-refractivity contribution in [2.24, 2.45) is 0 Å². The van der Waals surface area contributed by atoms with Crippen molar-refractivity contribution in [3.63, 3.8) is 0 Å². The molecule has 6 nitrogen and oxygen atoms in total. The lowest BCUT2D eigenvalue weighted by atomic mass is 9.93. The molecule has 1 N–H and O–H groups in total. The van der Waals surface area contributed by atoms with Crippen molar-refractivity contribution in [1.29, 1.82) is 0 Å². The van der Waals surface area contributed by atoms with Crippen molar-refractivity contribution < 1.29 is 4.74 Å². The summed E-state index contributed by atoms with van der Waals surface area (Å²) in [7, 11) is 1.69. The van der Waals surface area contributed by atoms with E-state index in [1.807, 2.05) is 42.9 Å². The van der Waals surface area contributed by atoms with E-state index < -0.39 is 0 Å². The number of benzene rings is 1. The zero-order valence-corrected chi connectivity index (χ0v) is 15.7. The van der Waals surface area contributed by atoms with Crippen LogP contribution in [0.15, 0.2) is 49.1 Å². The molecule has 3 aromatic heterocycles. The molecule has 1 aromatic carbocycles. The van der Waals surface area contributed by atoms with Crippen molar-refractivity contribution in [1.82, 2.24) is 24.7 Å². The second-order valence-electron chi connectivity index (χ2n) is 6.66. The largest absolute Gasteiger partial charge is 0.496 e. The minimum Gasteiger partial charge on any atom is -0.496 e. The summed E-state index contributed by atoms with van der Waals surface area (Å²) >= 11 is 1.65. The number of fused-ring (bicyclic) bond motifs is 1. The highest BCUT2D eigenvalue weighted by atomic mass is 32.1. The highest BCUT2D eigenvalue weighted by Crippen LogP contribution is 2.37. The van der Waals surface area contributed by atoms with Gasteiger partial charge >= 0.3 is 0 Å². The fourth-order valence-corrected chi connectivity index (χ4v) is 4.70. The summed E-state index contributed by atoms with van der Waals surface area (Å²) in [6.07, 6.45) is 10.9. The summed E-state index contributed by atoms with van der Waals surface area (Å²) in [5.41, 5.74) is 3.59. The number of hydrogen-bond acceptors (Lipinski definition) is 5.